The number of amides is 1. The Hall–Kier alpha value is -0.420. The van der Waals surface area contributed by atoms with Crippen LogP contribution in [0.3, 0.4) is 0 Å². The molecule has 0 aromatic carbocycles. The van der Waals surface area contributed by atoms with E-state index < -0.39 is 5.60 Å². The van der Waals surface area contributed by atoms with Crippen LogP contribution in [-0.2, 0) is 4.74 Å². The summed E-state index contributed by atoms with van der Waals surface area (Å²) in [6.07, 6.45) is 5.69. The predicted octanol–water partition coefficient (Wildman–Crippen LogP) is 3.65. The Balaban J connectivity index is 1.81. The van der Waals surface area contributed by atoms with Gasteiger partial charge in [-0.3, -0.25) is 0 Å². The minimum absolute atomic E-state index is 0.143. The van der Waals surface area contributed by atoms with Gasteiger partial charge in [0.25, 0.3) is 0 Å². The molecule has 0 aliphatic carbocycles. The Morgan fingerprint density at radius 1 is 1.36 bits per heavy atom. The van der Waals surface area contributed by atoms with Crippen molar-refractivity contribution in [3.05, 3.63) is 0 Å². The molecule has 2 fully saturated rings. The molecule has 0 bridgehead atoms. The second-order valence-corrected chi connectivity index (χ2v) is 8.84. The minimum Gasteiger partial charge on any atom is -0.444 e. The molecule has 2 heterocycles. The average molecular weight is 329 g/mol. The van der Waals surface area contributed by atoms with Crippen molar-refractivity contribution in [1.82, 2.24) is 10.2 Å². The van der Waals surface area contributed by atoms with Crippen molar-refractivity contribution in [2.24, 2.45) is 0 Å². The monoisotopic (exact) mass is 328 g/mol. The summed E-state index contributed by atoms with van der Waals surface area (Å²) in [6.45, 7) is 8.89. The van der Waals surface area contributed by atoms with Gasteiger partial charge < -0.3 is 15.0 Å². The van der Waals surface area contributed by atoms with Crippen LogP contribution in [0.1, 0.15) is 59.8 Å². The summed E-state index contributed by atoms with van der Waals surface area (Å²) in [7, 11) is 0. The van der Waals surface area contributed by atoms with Crippen molar-refractivity contribution in [2.45, 2.75) is 83.5 Å². The van der Waals surface area contributed by atoms with Gasteiger partial charge in [-0.15, -0.1) is 0 Å². The topological polar surface area (TPSA) is 41.6 Å². The Bertz CT molecular complexity index is 364. The highest BCUT2D eigenvalue weighted by Crippen LogP contribution is 2.25. The average Bonchev–Trinajstić information content (AvgIpc) is 2.86. The summed E-state index contributed by atoms with van der Waals surface area (Å²) in [4.78, 5) is 14.3. The van der Waals surface area contributed by atoms with Gasteiger partial charge in [-0.25, -0.2) is 4.79 Å². The largest absolute Gasteiger partial charge is 0.444 e. The van der Waals surface area contributed by atoms with E-state index in [1.54, 1.807) is 0 Å². The van der Waals surface area contributed by atoms with Crippen LogP contribution >= 0.6 is 11.8 Å². The fourth-order valence-electron chi connectivity index (χ4n) is 3.39. The molecule has 1 amide bonds. The lowest BCUT2D eigenvalue weighted by molar-refractivity contribution is 0.0214. The summed E-state index contributed by atoms with van der Waals surface area (Å²) in [6, 6.07) is 1.43. The molecular formula is C17H32N2O2S. The van der Waals surface area contributed by atoms with Gasteiger partial charge in [0.1, 0.15) is 5.60 Å². The van der Waals surface area contributed by atoms with Gasteiger partial charge in [-0.2, -0.15) is 11.8 Å². The SMILES string of the molecule is CC(CC1CCCN1C(=O)OC(C)(C)C)NC1CCCSC1. The normalized spacial score (nSPS) is 27.7. The summed E-state index contributed by atoms with van der Waals surface area (Å²) < 4.78 is 5.55. The molecule has 3 atom stereocenters. The molecule has 128 valence electrons. The number of hydrogen-bond donors (Lipinski definition) is 1. The number of carbonyl (C=O) groups excluding carboxylic acids is 1. The highest BCUT2D eigenvalue weighted by Gasteiger charge is 2.33. The van der Waals surface area contributed by atoms with E-state index >= 15 is 0 Å². The molecule has 4 nitrogen and oxygen atoms in total. The van der Waals surface area contributed by atoms with Gasteiger partial charge in [-0.05, 0) is 65.6 Å². The van der Waals surface area contributed by atoms with E-state index in [4.69, 9.17) is 4.74 Å². The van der Waals surface area contributed by atoms with E-state index in [0.717, 1.165) is 25.8 Å². The first-order valence-corrected chi connectivity index (χ1v) is 9.84. The highest BCUT2D eigenvalue weighted by molar-refractivity contribution is 7.99. The smallest absolute Gasteiger partial charge is 0.410 e. The van der Waals surface area contributed by atoms with Crippen molar-refractivity contribution in [3.63, 3.8) is 0 Å². The molecule has 0 aromatic heterocycles. The van der Waals surface area contributed by atoms with Crippen molar-refractivity contribution in [1.29, 1.82) is 0 Å². The van der Waals surface area contributed by atoms with Crippen LogP contribution < -0.4 is 5.32 Å². The molecule has 0 saturated carbocycles. The van der Waals surface area contributed by atoms with Crippen LogP contribution in [0.4, 0.5) is 4.79 Å². The van der Waals surface area contributed by atoms with Gasteiger partial charge in [-0.1, -0.05) is 0 Å². The van der Waals surface area contributed by atoms with Crippen LogP contribution in [0.25, 0.3) is 0 Å². The third kappa shape index (κ3) is 5.65. The Kier molecular flexibility index (Phi) is 6.45. The summed E-state index contributed by atoms with van der Waals surface area (Å²) in [5.41, 5.74) is -0.409. The Morgan fingerprint density at radius 2 is 2.14 bits per heavy atom. The number of carbonyl (C=O) groups is 1. The lowest BCUT2D eigenvalue weighted by Gasteiger charge is -2.32. The standard InChI is InChI=1S/C17H32N2O2S/c1-13(18-14-7-6-10-22-12-14)11-15-8-5-9-19(15)16(20)21-17(2,3)4/h13-15,18H,5-12H2,1-4H3. The van der Waals surface area contributed by atoms with Crippen LogP contribution in [0, 0.1) is 0 Å². The molecule has 3 unspecified atom stereocenters. The number of nitrogens with one attached hydrogen (secondary N) is 1. The van der Waals surface area contributed by atoms with Crippen molar-refractivity contribution >= 4 is 17.9 Å². The summed E-state index contributed by atoms with van der Waals surface area (Å²) in [5.74, 6) is 2.53. The van der Waals surface area contributed by atoms with E-state index in [1.807, 2.05) is 25.7 Å². The van der Waals surface area contributed by atoms with Crippen molar-refractivity contribution < 1.29 is 9.53 Å². The molecule has 5 heteroatoms. The van der Waals surface area contributed by atoms with Crippen LogP contribution in [0.5, 0.6) is 0 Å². The number of nitrogens with zero attached hydrogens (tertiary/aromatic N) is 1. The minimum atomic E-state index is -0.409. The van der Waals surface area contributed by atoms with Crippen molar-refractivity contribution in [2.75, 3.05) is 18.1 Å². The third-order valence-electron chi connectivity index (χ3n) is 4.31. The molecule has 0 radical (unpaired) electrons. The number of thioether (sulfide) groups is 1. The maximum absolute atomic E-state index is 12.3. The maximum Gasteiger partial charge on any atom is 0.410 e. The molecule has 2 aliphatic heterocycles. The zero-order chi connectivity index (χ0) is 16.2. The zero-order valence-corrected chi connectivity index (χ0v) is 15.4. The van der Waals surface area contributed by atoms with Crippen LogP contribution in [0.2, 0.25) is 0 Å². The maximum atomic E-state index is 12.3. The second-order valence-electron chi connectivity index (χ2n) is 7.69. The fourth-order valence-corrected chi connectivity index (χ4v) is 4.48. The van der Waals surface area contributed by atoms with Gasteiger partial charge in [0.05, 0.1) is 0 Å². The van der Waals surface area contributed by atoms with E-state index in [9.17, 15) is 4.79 Å². The molecule has 2 aliphatic rings. The first-order valence-electron chi connectivity index (χ1n) is 8.68. The van der Waals surface area contributed by atoms with Crippen LogP contribution in [0.15, 0.2) is 0 Å². The molecular weight excluding hydrogens is 296 g/mol. The van der Waals surface area contributed by atoms with E-state index in [1.165, 1.54) is 24.3 Å². The lowest BCUT2D eigenvalue weighted by atomic mass is 10.0. The third-order valence-corrected chi connectivity index (χ3v) is 5.53. The van der Waals surface area contributed by atoms with Gasteiger partial charge in [0, 0.05) is 30.4 Å². The Labute approximate surface area is 139 Å². The second kappa shape index (κ2) is 7.91. The van der Waals surface area contributed by atoms with Gasteiger partial charge >= 0.3 is 6.09 Å². The molecule has 1 N–H and O–H groups in total. The number of hydrogen-bond acceptors (Lipinski definition) is 4. The predicted molar refractivity (Wildman–Crippen MR) is 93.5 cm³/mol. The fraction of sp³-hybridized carbons (Fsp3) is 0.941. The number of likely N-dealkylation sites (tertiary alicyclic amines) is 1. The first-order chi connectivity index (χ1) is 10.3. The summed E-state index contributed by atoms with van der Waals surface area (Å²) >= 11 is 2.05. The van der Waals surface area contributed by atoms with Crippen molar-refractivity contribution in [3.8, 4) is 0 Å². The zero-order valence-electron chi connectivity index (χ0n) is 14.6. The molecule has 0 aromatic rings. The molecule has 2 saturated heterocycles. The lowest BCUT2D eigenvalue weighted by Crippen LogP contribution is -2.45. The molecule has 22 heavy (non-hydrogen) atoms. The van der Waals surface area contributed by atoms with Crippen LogP contribution in [-0.4, -0.2) is 52.8 Å². The Morgan fingerprint density at radius 3 is 2.77 bits per heavy atom. The van der Waals surface area contributed by atoms with Gasteiger partial charge in [0.15, 0.2) is 0 Å². The number of rotatable bonds is 4. The van der Waals surface area contributed by atoms with E-state index in [0.29, 0.717) is 18.1 Å². The first kappa shape index (κ1) is 17.9. The van der Waals surface area contributed by atoms with Gasteiger partial charge in [0.2, 0.25) is 0 Å². The highest BCUT2D eigenvalue weighted by atomic mass is 32.2. The summed E-state index contributed by atoms with van der Waals surface area (Å²) in [5, 5.41) is 3.75. The van der Waals surface area contributed by atoms with E-state index in [-0.39, 0.29) is 6.09 Å². The molecule has 0 spiro atoms. The molecule has 2 rings (SSSR count). The van der Waals surface area contributed by atoms with E-state index in [2.05, 4.69) is 24.0 Å². The number of ether oxygens (including phenoxy) is 1. The quantitative estimate of drug-likeness (QED) is 0.855.